The number of ketones is 1. The van der Waals surface area contributed by atoms with Gasteiger partial charge in [-0.1, -0.05) is 60.7 Å². The largest absolute Gasteiger partial charge is 0.471 e. The molecule has 0 heterocycles. The lowest BCUT2D eigenvalue weighted by molar-refractivity contribution is -0.126. The Bertz CT molecular complexity index is 436. The molecule has 0 bridgehead atoms. The van der Waals surface area contributed by atoms with Crippen molar-refractivity contribution >= 4 is 12.3 Å². The van der Waals surface area contributed by atoms with Crippen LogP contribution < -0.4 is 0 Å². The molecule has 2 aromatic carbocycles. The second-order valence-electron chi connectivity index (χ2n) is 3.39. The van der Waals surface area contributed by atoms with Crippen LogP contribution >= 0.6 is 0 Å². The first-order chi connectivity index (χ1) is 8.79. The maximum Gasteiger partial charge on any atom is 0.292 e. The molecule has 0 N–H and O–H groups in total. The first-order valence-corrected chi connectivity index (χ1v) is 5.41. The summed E-state index contributed by atoms with van der Waals surface area (Å²) in [4.78, 5) is 20.8. The maximum absolute atomic E-state index is 11.8. The number of benzene rings is 2. The summed E-state index contributed by atoms with van der Waals surface area (Å²) < 4.78 is 3.86. The second-order valence-corrected chi connectivity index (χ2v) is 3.39. The van der Waals surface area contributed by atoms with E-state index in [-0.39, 0.29) is 5.78 Å². The van der Waals surface area contributed by atoms with E-state index in [2.05, 4.69) is 4.74 Å². The van der Waals surface area contributed by atoms with Crippen LogP contribution in [-0.4, -0.2) is 19.4 Å². The monoisotopic (exact) mass is 242 g/mol. The number of hydrogen-bond acceptors (Lipinski definition) is 3. The molecule has 0 spiro atoms. The third kappa shape index (κ3) is 4.22. The summed E-state index contributed by atoms with van der Waals surface area (Å²) in [5.41, 5.74) is 1.47. The molecule has 0 aromatic heterocycles. The van der Waals surface area contributed by atoms with E-state index in [9.17, 15) is 4.79 Å². The standard InChI is InChI=1S/C13H10O.C2H4O2/c14-13(11-7-3-1-4-8-11)12-9-5-2-6-10-12;1-4-2-3/h1-10H;2H,1H3. The lowest BCUT2D eigenvalue weighted by Crippen LogP contribution is -1.99. The van der Waals surface area contributed by atoms with Crippen LogP contribution in [0, 0.1) is 0 Å². The summed E-state index contributed by atoms with van der Waals surface area (Å²) in [6.07, 6.45) is 0. The van der Waals surface area contributed by atoms with Gasteiger partial charge in [-0.05, 0) is 0 Å². The minimum atomic E-state index is 0.0752. The first kappa shape index (κ1) is 13.6. The molecule has 3 nitrogen and oxygen atoms in total. The van der Waals surface area contributed by atoms with Crippen molar-refractivity contribution in [1.29, 1.82) is 0 Å². The Morgan fingerprint density at radius 3 is 1.50 bits per heavy atom. The number of ether oxygens (including phenoxy) is 1. The molecule has 0 aliphatic heterocycles. The van der Waals surface area contributed by atoms with Gasteiger partial charge in [-0.3, -0.25) is 9.59 Å². The number of carbonyl (C=O) groups is 2. The first-order valence-electron chi connectivity index (χ1n) is 5.41. The number of rotatable bonds is 3. The van der Waals surface area contributed by atoms with Crippen LogP contribution in [0.15, 0.2) is 60.7 Å². The summed E-state index contributed by atoms with van der Waals surface area (Å²) in [6, 6.07) is 18.6. The van der Waals surface area contributed by atoms with Crippen molar-refractivity contribution in [2.24, 2.45) is 0 Å². The van der Waals surface area contributed by atoms with E-state index in [1.165, 1.54) is 7.11 Å². The highest BCUT2D eigenvalue weighted by Crippen LogP contribution is 2.08. The summed E-state index contributed by atoms with van der Waals surface area (Å²) in [7, 11) is 1.31. The Hall–Kier alpha value is -2.42. The summed E-state index contributed by atoms with van der Waals surface area (Å²) in [5, 5.41) is 0. The van der Waals surface area contributed by atoms with Crippen molar-refractivity contribution < 1.29 is 14.3 Å². The van der Waals surface area contributed by atoms with Crippen molar-refractivity contribution in [3.63, 3.8) is 0 Å². The van der Waals surface area contributed by atoms with Crippen molar-refractivity contribution in [1.82, 2.24) is 0 Å². The van der Waals surface area contributed by atoms with Crippen LogP contribution in [0.5, 0.6) is 0 Å². The van der Waals surface area contributed by atoms with E-state index in [1.807, 2.05) is 60.7 Å². The van der Waals surface area contributed by atoms with Crippen LogP contribution in [0.25, 0.3) is 0 Å². The van der Waals surface area contributed by atoms with Gasteiger partial charge in [0.05, 0.1) is 7.11 Å². The predicted octanol–water partition coefficient (Wildman–Crippen LogP) is 2.71. The fraction of sp³-hybridized carbons (Fsp3) is 0.0667. The Balaban J connectivity index is 0.000000357. The van der Waals surface area contributed by atoms with Crippen molar-refractivity contribution in [2.45, 2.75) is 0 Å². The molecule has 0 unspecified atom stereocenters. The Labute approximate surface area is 106 Å². The van der Waals surface area contributed by atoms with Gasteiger partial charge >= 0.3 is 0 Å². The molecular formula is C15H14O3. The molecule has 18 heavy (non-hydrogen) atoms. The number of carbonyl (C=O) groups excluding carboxylic acids is 2. The zero-order valence-corrected chi connectivity index (χ0v) is 10.1. The van der Waals surface area contributed by atoms with Crippen molar-refractivity contribution in [3.8, 4) is 0 Å². The number of methoxy groups -OCH3 is 1. The quantitative estimate of drug-likeness (QED) is 0.614. The molecule has 3 heteroatoms. The Morgan fingerprint density at radius 1 is 0.889 bits per heavy atom. The lowest BCUT2D eigenvalue weighted by Gasteiger charge is -1.99. The predicted molar refractivity (Wildman–Crippen MR) is 69.4 cm³/mol. The number of hydrogen-bond donors (Lipinski definition) is 0. The highest BCUT2D eigenvalue weighted by atomic mass is 16.5. The molecule has 92 valence electrons. The Kier molecular flexibility index (Phi) is 5.90. The van der Waals surface area contributed by atoms with Crippen LogP contribution in [0.2, 0.25) is 0 Å². The zero-order valence-electron chi connectivity index (χ0n) is 10.1. The molecule has 0 aliphatic rings. The lowest BCUT2D eigenvalue weighted by atomic mass is 10.0. The SMILES string of the molecule is COC=O.O=C(c1ccccc1)c1ccccc1. The molecule has 0 amide bonds. The smallest absolute Gasteiger partial charge is 0.292 e. The van der Waals surface area contributed by atoms with E-state index < -0.39 is 0 Å². The summed E-state index contributed by atoms with van der Waals surface area (Å²) >= 11 is 0. The van der Waals surface area contributed by atoms with Crippen LogP contribution in [0.1, 0.15) is 15.9 Å². The molecule has 0 saturated carbocycles. The fourth-order valence-electron chi connectivity index (χ4n) is 1.35. The van der Waals surface area contributed by atoms with Crippen molar-refractivity contribution in [2.75, 3.05) is 7.11 Å². The zero-order chi connectivity index (χ0) is 13.2. The summed E-state index contributed by atoms with van der Waals surface area (Å²) in [6.45, 7) is 0.375. The van der Waals surface area contributed by atoms with Crippen LogP contribution in [0.3, 0.4) is 0 Å². The highest BCUT2D eigenvalue weighted by Gasteiger charge is 2.06. The van der Waals surface area contributed by atoms with Crippen molar-refractivity contribution in [3.05, 3.63) is 71.8 Å². The molecule has 2 aromatic rings. The van der Waals surface area contributed by atoms with Gasteiger partial charge < -0.3 is 4.74 Å². The van der Waals surface area contributed by atoms with Gasteiger partial charge in [0.15, 0.2) is 5.78 Å². The van der Waals surface area contributed by atoms with Gasteiger partial charge in [0.2, 0.25) is 0 Å². The second kappa shape index (κ2) is 7.79. The minimum Gasteiger partial charge on any atom is -0.471 e. The summed E-state index contributed by atoms with van der Waals surface area (Å²) in [5.74, 6) is 0.0752. The third-order valence-corrected chi connectivity index (χ3v) is 2.17. The Morgan fingerprint density at radius 2 is 1.22 bits per heavy atom. The van der Waals surface area contributed by atoms with E-state index in [0.717, 1.165) is 11.1 Å². The van der Waals surface area contributed by atoms with Gasteiger partial charge in [0, 0.05) is 11.1 Å². The normalized spacial score (nSPS) is 8.72. The molecule has 0 fully saturated rings. The van der Waals surface area contributed by atoms with E-state index in [1.54, 1.807) is 0 Å². The van der Waals surface area contributed by atoms with Crippen LogP contribution in [-0.2, 0) is 9.53 Å². The molecule has 0 aliphatic carbocycles. The van der Waals surface area contributed by atoms with Gasteiger partial charge in [0.25, 0.3) is 6.47 Å². The van der Waals surface area contributed by atoms with E-state index >= 15 is 0 Å². The van der Waals surface area contributed by atoms with Gasteiger partial charge in [-0.15, -0.1) is 0 Å². The maximum atomic E-state index is 11.8. The molecule has 2 rings (SSSR count). The topological polar surface area (TPSA) is 43.4 Å². The average molecular weight is 242 g/mol. The van der Waals surface area contributed by atoms with E-state index in [4.69, 9.17) is 4.79 Å². The molecule has 0 atom stereocenters. The molecule has 0 radical (unpaired) electrons. The van der Waals surface area contributed by atoms with Gasteiger partial charge in [-0.25, -0.2) is 0 Å². The average Bonchev–Trinajstić information content (AvgIpc) is 2.48. The highest BCUT2D eigenvalue weighted by molar-refractivity contribution is 6.08. The molecule has 0 saturated heterocycles. The minimum absolute atomic E-state index is 0.0752. The fourth-order valence-corrected chi connectivity index (χ4v) is 1.35. The van der Waals surface area contributed by atoms with Gasteiger partial charge in [-0.2, -0.15) is 0 Å². The van der Waals surface area contributed by atoms with Crippen LogP contribution in [0.4, 0.5) is 0 Å². The third-order valence-electron chi connectivity index (χ3n) is 2.17. The van der Waals surface area contributed by atoms with Gasteiger partial charge in [0.1, 0.15) is 0 Å². The van der Waals surface area contributed by atoms with E-state index in [0.29, 0.717) is 6.47 Å². The molecular weight excluding hydrogens is 228 g/mol.